The maximum atomic E-state index is 10.8. The maximum absolute atomic E-state index is 10.8. The molecular formula is C19H36O6. The third-order valence-electron chi connectivity index (χ3n) is 4.70. The van der Waals surface area contributed by atoms with Gasteiger partial charge in [0.15, 0.2) is 11.6 Å². The van der Waals surface area contributed by atoms with E-state index in [1.807, 2.05) is 27.7 Å². The Morgan fingerprint density at radius 3 is 2.00 bits per heavy atom. The van der Waals surface area contributed by atoms with E-state index in [1.165, 1.54) is 19.3 Å². The van der Waals surface area contributed by atoms with Gasteiger partial charge in [0.05, 0.1) is 13.2 Å². The average Bonchev–Trinajstić information content (AvgIpc) is 3.08. The minimum absolute atomic E-state index is 0.312. The molecule has 0 spiro atoms. The van der Waals surface area contributed by atoms with Gasteiger partial charge in [0.1, 0.15) is 24.4 Å². The van der Waals surface area contributed by atoms with E-state index in [0.717, 1.165) is 12.8 Å². The van der Waals surface area contributed by atoms with Gasteiger partial charge in [0.2, 0.25) is 0 Å². The summed E-state index contributed by atoms with van der Waals surface area (Å²) in [5, 5.41) is 10.8. The minimum Gasteiger partial charge on any atom is -0.387 e. The number of hydrogen-bond donors (Lipinski definition) is 1. The molecule has 0 aromatic carbocycles. The van der Waals surface area contributed by atoms with Crippen molar-refractivity contribution in [2.24, 2.45) is 0 Å². The first-order valence-corrected chi connectivity index (χ1v) is 9.67. The van der Waals surface area contributed by atoms with Crippen LogP contribution in [0.25, 0.3) is 0 Å². The number of unbranched alkanes of at least 4 members (excludes halogenated alkanes) is 4. The first-order chi connectivity index (χ1) is 11.7. The van der Waals surface area contributed by atoms with Gasteiger partial charge in [-0.2, -0.15) is 0 Å². The molecule has 1 N–H and O–H groups in total. The molecule has 0 aromatic rings. The summed E-state index contributed by atoms with van der Waals surface area (Å²) in [5.41, 5.74) is 0. The molecular weight excluding hydrogens is 324 g/mol. The molecule has 25 heavy (non-hydrogen) atoms. The van der Waals surface area contributed by atoms with Crippen LogP contribution in [0.15, 0.2) is 0 Å². The van der Waals surface area contributed by atoms with Gasteiger partial charge in [-0.15, -0.1) is 0 Å². The highest BCUT2D eigenvalue weighted by molar-refractivity contribution is 4.90. The third kappa shape index (κ3) is 6.45. The van der Waals surface area contributed by atoms with Crippen LogP contribution in [-0.4, -0.2) is 60.9 Å². The summed E-state index contributed by atoms with van der Waals surface area (Å²) in [6.07, 6.45) is 3.77. The largest absolute Gasteiger partial charge is 0.387 e. The van der Waals surface area contributed by atoms with Crippen molar-refractivity contribution < 1.29 is 28.8 Å². The predicted molar refractivity (Wildman–Crippen MR) is 94.3 cm³/mol. The Morgan fingerprint density at radius 1 is 0.920 bits per heavy atom. The molecule has 0 radical (unpaired) electrons. The van der Waals surface area contributed by atoms with Crippen LogP contribution in [0, 0.1) is 0 Å². The maximum Gasteiger partial charge on any atom is 0.163 e. The van der Waals surface area contributed by atoms with Crippen molar-refractivity contribution in [2.45, 2.75) is 103 Å². The zero-order chi connectivity index (χ0) is 18.5. The van der Waals surface area contributed by atoms with Crippen LogP contribution in [0.5, 0.6) is 0 Å². The molecule has 2 fully saturated rings. The summed E-state index contributed by atoms with van der Waals surface area (Å²) in [7, 11) is 0. The average molecular weight is 360 g/mol. The summed E-state index contributed by atoms with van der Waals surface area (Å²) in [5.74, 6) is -1.33. The molecule has 6 heteroatoms. The second-order valence-corrected chi connectivity index (χ2v) is 7.97. The van der Waals surface area contributed by atoms with Gasteiger partial charge in [-0.25, -0.2) is 0 Å². The van der Waals surface area contributed by atoms with Gasteiger partial charge in [0.25, 0.3) is 0 Å². The van der Waals surface area contributed by atoms with Gasteiger partial charge in [0, 0.05) is 6.61 Å². The van der Waals surface area contributed by atoms with E-state index >= 15 is 0 Å². The fraction of sp³-hybridized carbons (Fsp3) is 1.00. The summed E-state index contributed by atoms with van der Waals surface area (Å²) >= 11 is 0. The van der Waals surface area contributed by atoms with E-state index < -0.39 is 29.9 Å². The van der Waals surface area contributed by atoms with E-state index in [0.29, 0.717) is 19.8 Å². The zero-order valence-electron chi connectivity index (χ0n) is 16.5. The quantitative estimate of drug-likeness (QED) is 0.604. The van der Waals surface area contributed by atoms with Crippen LogP contribution in [0.2, 0.25) is 0 Å². The van der Waals surface area contributed by atoms with Crippen molar-refractivity contribution >= 4 is 0 Å². The predicted octanol–water partition coefficient (Wildman–Crippen LogP) is 3.01. The Labute approximate surface area is 152 Å². The Kier molecular flexibility index (Phi) is 7.67. The van der Waals surface area contributed by atoms with E-state index in [1.54, 1.807) is 0 Å². The number of hydrogen-bond acceptors (Lipinski definition) is 6. The van der Waals surface area contributed by atoms with Crippen molar-refractivity contribution in [3.63, 3.8) is 0 Å². The van der Waals surface area contributed by atoms with Crippen molar-refractivity contribution in [1.29, 1.82) is 0 Å². The molecule has 0 aliphatic carbocycles. The number of ether oxygens (including phenoxy) is 5. The van der Waals surface area contributed by atoms with Crippen molar-refractivity contribution in [2.75, 3.05) is 19.8 Å². The molecule has 148 valence electrons. The van der Waals surface area contributed by atoms with E-state index in [2.05, 4.69) is 6.92 Å². The van der Waals surface area contributed by atoms with Gasteiger partial charge >= 0.3 is 0 Å². The van der Waals surface area contributed by atoms with Gasteiger partial charge < -0.3 is 28.8 Å². The first-order valence-electron chi connectivity index (χ1n) is 9.67. The molecule has 0 unspecified atom stereocenters. The Hall–Kier alpha value is -0.240. The smallest absolute Gasteiger partial charge is 0.163 e. The fourth-order valence-corrected chi connectivity index (χ4v) is 3.32. The molecule has 2 saturated heterocycles. The molecule has 4 atom stereocenters. The lowest BCUT2D eigenvalue weighted by atomic mass is 10.0. The summed E-state index contributed by atoms with van der Waals surface area (Å²) in [4.78, 5) is 0. The lowest BCUT2D eigenvalue weighted by Gasteiger charge is -2.31. The van der Waals surface area contributed by atoms with Gasteiger partial charge in [-0.05, 0) is 34.1 Å². The van der Waals surface area contributed by atoms with Crippen LogP contribution in [0.1, 0.15) is 66.7 Å². The van der Waals surface area contributed by atoms with Crippen molar-refractivity contribution in [1.82, 2.24) is 0 Å². The highest BCUT2D eigenvalue weighted by Crippen LogP contribution is 2.31. The van der Waals surface area contributed by atoms with Crippen molar-refractivity contribution in [3.05, 3.63) is 0 Å². The monoisotopic (exact) mass is 360 g/mol. The van der Waals surface area contributed by atoms with E-state index in [-0.39, 0.29) is 6.10 Å². The van der Waals surface area contributed by atoms with E-state index in [9.17, 15) is 5.11 Å². The lowest BCUT2D eigenvalue weighted by Crippen LogP contribution is -2.49. The zero-order valence-corrected chi connectivity index (χ0v) is 16.5. The Bertz CT molecular complexity index is 397. The van der Waals surface area contributed by atoms with Crippen LogP contribution >= 0.6 is 0 Å². The fourth-order valence-electron chi connectivity index (χ4n) is 3.32. The number of aliphatic hydroxyl groups excluding tert-OH is 1. The van der Waals surface area contributed by atoms with Gasteiger partial charge in [-0.1, -0.05) is 32.6 Å². The SMILES string of the molecule is CCCCCCCO[C@H]([C@@H](O)[C@@H]1COC(C)(C)O1)[C@@H]1COC(C)(C)O1. The molecule has 2 heterocycles. The first kappa shape index (κ1) is 21.1. The molecule has 2 rings (SSSR count). The van der Waals surface area contributed by atoms with Crippen LogP contribution < -0.4 is 0 Å². The number of aliphatic hydroxyl groups is 1. The Balaban J connectivity index is 1.90. The van der Waals surface area contributed by atoms with Crippen LogP contribution in [-0.2, 0) is 23.7 Å². The summed E-state index contributed by atoms with van der Waals surface area (Å²) in [6, 6.07) is 0. The summed E-state index contributed by atoms with van der Waals surface area (Å²) < 4.78 is 29.1. The molecule has 0 saturated carbocycles. The normalized spacial score (nSPS) is 30.5. The second-order valence-electron chi connectivity index (χ2n) is 7.97. The minimum atomic E-state index is -0.820. The highest BCUT2D eigenvalue weighted by Gasteiger charge is 2.46. The summed E-state index contributed by atoms with van der Waals surface area (Å²) in [6.45, 7) is 11.0. The molecule has 0 bridgehead atoms. The van der Waals surface area contributed by atoms with Crippen molar-refractivity contribution in [3.8, 4) is 0 Å². The second kappa shape index (κ2) is 9.11. The topological polar surface area (TPSA) is 66.4 Å². The highest BCUT2D eigenvalue weighted by atomic mass is 16.8. The lowest BCUT2D eigenvalue weighted by molar-refractivity contribution is -0.193. The van der Waals surface area contributed by atoms with Crippen LogP contribution in [0.3, 0.4) is 0 Å². The number of rotatable bonds is 10. The third-order valence-corrected chi connectivity index (χ3v) is 4.70. The standard InChI is InChI=1S/C19H36O6/c1-6-7-8-9-10-11-21-17(15-13-23-19(4,5)25-15)16(20)14-12-22-18(2,3)24-14/h14-17,20H,6-13H2,1-5H3/t14-,15-,16-,17-/m0/s1. The van der Waals surface area contributed by atoms with Gasteiger partial charge in [-0.3, -0.25) is 0 Å². The van der Waals surface area contributed by atoms with E-state index in [4.69, 9.17) is 23.7 Å². The molecule has 2 aliphatic heterocycles. The molecule has 0 amide bonds. The molecule has 0 aromatic heterocycles. The Morgan fingerprint density at radius 2 is 1.48 bits per heavy atom. The van der Waals surface area contributed by atoms with Crippen LogP contribution in [0.4, 0.5) is 0 Å². The molecule has 6 nitrogen and oxygen atoms in total. The molecule has 2 aliphatic rings.